The first-order valence-corrected chi connectivity index (χ1v) is 6.93. The Labute approximate surface area is 108 Å². The standard InChI is InChI=1S/C15H21NO2/c1-15(17,12-7-9-18-10-12)13-6-2-4-11-5-3-8-16-14(11)13/h3,5,8,12-13,17H,2,4,6-7,9-10H2,1H3. The maximum Gasteiger partial charge on any atom is 0.0753 e. The van der Waals surface area contributed by atoms with Crippen molar-refractivity contribution in [3.05, 3.63) is 29.6 Å². The Morgan fingerprint density at radius 2 is 2.33 bits per heavy atom. The van der Waals surface area contributed by atoms with Crippen LogP contribution in [-0.4, -0.2) is 28.9 Å². The molecule has 1 aromatic rings. The van der Waals surface area contributed by atoms with Crippen LogP contribution in [0.3, 0.4) is 0 Å². The first kappa shape index (κ1) is 12.1. The number of nitrogens with zero attached hydrogens (tertiary/aromatic N) is 1. The molecule has 1 aliphatic heterocycles. The minimum Gasteiger partial charge on any atom is -0.389 e. The van der Waals surface area contributed by atoms with Gasteiger partial charge in [-0.25, -0.2) is 0 Å². The summed E-state index contributed by atoms with van der Waals surface area (Å²) in [5.41, 5.74) is 1.73. The molecule has 3 unspecified atom stereocenters. The first-order chi connectivity index (χ1) is 8.69. The molecule has 2 aliphatic rings. The van der Waals surface area contributed by atoms with Gasteiger partial charge in [0.05, 0.1) is 12.2 Å². The van der Waals surface area contributed by atoms with E-state index in [1.54, 1.807) is 0 Å². The summed E-state index contributed by atoms with van der Waals surface area (Å²) in [5.74, 6) is 0.407. The third-order valence-electron chi connectivity index (χ3n) is 4.66. The van der Waals surface area contributed by atoms with E-state index in [-0.39, 0.29) is 11.8 Å². The SMILES string of the molecule is CC(O)(C1CCOC1)C1CCCc2cccnc21. The lowest BCUT2D eigenvalue weighted by Crippen LogP contribution is -2.43. The largest absolute Gasteiger partial charge is 0.389 e. The second-order valence-electron chi connectivity index (χ2n) is 5.78. The number of aromatic nitrogens is 1. The predicted molar refractivity (Wildman–Crippen MR) is 69.5 cm³/mol. The third-order valence-corrected chi connectivity index (χ3v) is 4.66. The zero-order valence-electron chi connectivity index (χ0n) is 10.9. The van der Waals surface area contributed by atoms with Gasteiger partial charge in [0.2, 0.25) is 0 Å². The number of rotatable bonds is 2. The molecule has 3 atom stereocenters. The summed E-state index contributed by atoms with van der Waals surface area (Å²) in [7, 11) is 0. The Morgan fingerprint density at radius 1 is 1.44 bits per heavy atom. The van der Waals surface area contributed by atoms with Crippen molar-refractivity contribution in [2.24, 2.45) is 5.92 Å². The number of hydrogen-bond donors (Lipinski definition) is 1. The maximum absolute atomic E-state index is 11.0. The summed E-state index contributed by atoms with van der Waals surface area (Å²) in [6.45, 7) is 3.44. The van der Waals surface area contributed by atoms with E-state index in [9.17, 15) is 5.11 Å². The van der Waals surface area contributed by atoms with Gasteiger partial charge < -0.3 is 9.84 Å². The molecule has 98 valence electrons. The van der Waals surface area contributed by atoms with Gasteiger partial charge in [-0.3, -0.25) is 4.98 Å². The van der Waals surface area contributed by atoms with Crippen LogP contribution in [0.2, 0.25) is 0 Å². The lowest BCUT2D eigenvalue weighted by molar-refractivity contribution is -0.0347. The smallest absolute Gasteiger partial charge is 0.0753 e. The quantitative estimate of drug-likeness (QED) is 0.872. The molecule has 3 nitrogen and oxygen atoms in total. The molecule has 0 aromatic carbocycles. The van der Waals surface area contributed by atoms with Crippen LogP contribution in [0, 0.1) is 5.92 Å². The zero-order valence-corrected chi connectivity index (χ0v) is 10.9. The van der Waals surface area contributed by atoms with Gasteiger partial charge in [0, 0.05) is 30.3 Å². The van der Waals surface area contributed by atoms with Crippen LogP contribution in [0.25, 0.3) is 0 Å². The van der Waals surface area contributed by atoms with Crippen LogP contribution in [0.4, 0.5) is 0 Å². The monoisotopic (exact) mass is 247 g/mol. The lowest BCUT2D eigenvalue weighted by Gasteiger charge is -2.39. The fourth-order valence-corrected chi connectivity index (χ4v) is 3.46. The van der Waals surface area contributed by atoms with Gasteiger partial charge in [0.15, 0.2) is 0 Å². The van der Waals surface area contributed by atoms with Crippen LogP contribution in [0.15, 0.2) is 18.3 Å². The molecule has 1 aromatic heterocycles. The van der Waals surface area contributed by atoms with E-state index in [2.05, 4.69) is 11.1 Å². The summed E-state index contributed by atoms with van der Waals surface area (Å²) >= 11 is 0. The average Bonchev–Trinajstić information content (AvgIpc) is 2.92. The zero-order chi connectivity index (χ0) is 12.6. The van der Waals surface area contributed by atoms with Gasteiger partial charge in [0.1, 0.15) is 0 Å². The van der Waals surface area contributed by atoms with Gasteiger partial charge in [-0.15, -0.1) is 0 Å². The fraction of sp³-hybridized carbons (Fsp3) is 0.667. The highest BCUT2D eigenvalue weighted by Crippen LogP contribution is 2.43. The molecule has 0 bridgehead atoms. The number of aliphatic hydroxyl groups is 1. The minimum absolute atomic E-state index is 0.161. The number of aryl methyl sites for hydroxylation is 1. The summed E-state index contributed by atoms with van der Waals surface area (Å²) in [6, 6.07) is 4.14. The second kappa shape index (κ2) is 4.63. The van der Waals surface area contributed by atoms with Crippen LogP contribution >= 0.6 is 0 Å². The number of ether oxygens (including phenoxy) is 1. The van der Waals surface area contributed by atoms with Crippen LogP contribution in [-0.2, 0) is 11.2 Å². The Balaban J connectivity index is 1.92. The number of pyridine rings is 1. The summed E-state index contributed by atoms with van der Waals surface area (Å²) in [5, 5.41) is 11.0. The fourth-order valence-electron chi connectivity index (χ4n) is 3.46. The first-order valence-electron chi connectivity index (χ1n) is 6.93. The molecular formula is C15H21NO2. The van der Waals surface area contributed by atoms with Crippen LogP contribution in [0.5, 0.6) is 0 Å². The topological polar surface area (TPSA) is 42.4 Å². The summed E-state index contributed by atoms with van der Waals surface area (Å²) in [4.78, 5) is 4.54. The van der Waals surface area contributed by atoms with Crippen molar-refractivity contribution in [1.82, 2.24) is 4.98 Å². The molecule has 1 aliphatic carbocycles. The van der Waals surface area contributed by atoms with E-state index in [0.717, 1.165) is 38.0 Å². The Kier molecular flexibility index (Phi) is 3.12. The average molecular weight is 247 g/mol. The van der Waals surface area contributed by atoms with Crippen LogP contribution in [0.1, 0.15) is 43.4 Å². The maximum atomic E-state index is 11.0. The lowest BCUT2D eigenvalue weighted by atomic mass is 9.70. The molecular weight excluding hydrogens is 226 g/mol. The van der Waals surface area contributed by atoms with E-state index in [0.29, 0.717) is 6.61 Å². The van der Waals surface area contributed by atoms with Crippen molar-refractivity contribution in [1.29, 1.82) is 0 Å². The summed E-state index contributed by atoms with van der Waals surface area (Å²) in [6.07, 6.45) is 6.08. The van der Waals surface area contributed by atoms with E-state index >= 15 is 0 Å². The Bertz CT molecular complexity index is 424. The number of hydrogen-bond acceptors (Lipinski definition) is 3. The van der Waals surface area contributed by atoms with Gasteiger partial charge in [-0.05, 0) is 44.2 Å². The molecule has 3 heteroatoms. The molecule has 0 amide bonds. The molecule has 1 N–H and O–H groups in total. The van der Waals surface area contributed by atoms with Gasteiger partial charge in [-0.2, -0.15) is 0 Å². The second-order valence-corrected chi connectivity index (χ2v) is 5.78. The molecule has 0 radical (unpaired) electrons. The molecule has 0 spiro atoms. The molecule has 2 heterocycles. The van der Waals surface area contributed by atoms with Crippen molar-refractivity contribution in [3.63, 3.8) is 0 Å². The summed E-state index contributed by atoms with van der Waals surface area (Å²) < 4.78 is 5.44. The molecule has 18 heavy (non-hydrogen) atoms. The van der Waals surface area contributed by atoms with Gasteiger partial charge in [0.25, 0.3) is 0 Å². The Hall–Kier alpha value is -0.930. The van der Waals surface area contributed by atoms with Gasteiger partial charge in [-0.1, -0.05) is 6.07 Å². The number of fused-ring (bicyclic) bond motifs is 1. The highest BCUT2D eigenvalue weighted by molar-refractivity contribution is 5.28. The normalized spacial score (nSPS) is 30.8. The molecule has 3 rings (SSSR count). The van der Waals surface area contributed by atoms with E-state index in [1.807, 2.05) is 19.2 Å². The van der Waals surface area contributed by atoms with E-state index in [4.69, 9.17) is 4.74 Å². The molecule has 1 saturated heterocycles. The van der Waals surface area contributed by atoms with E-state index in [1.165, 1.54) is 5.56 Å². The highest BCUT2D eigenvalue weighted by atomic mass is 16.5. The predicted octanol–water partition coefficient (Wildman–Crippen LogP) is 2.29. The minimum atomic E-state index is -0.694. The molecule has 1 fully saturated rings. The highest BCUT2D eigenvalue weighted by Gasteiger charge is 2.44. The third kappa shape index (κ3) is 1.95. The Morgan fingerprint density at radius 3 is 3.11 bits per heavy atom. The van der Waals surface area contributed by atoms with Crippen molar-refractivity contribution in [2.75, 3.05) is 13.2 Å². The van der Waals surface area contributed by atoms with E-state index < -0.39 is 5.60 Å². The van der Waals surface area contributed by atoms with Crippen LogP contribution < -0.4 is 0 Å². The van der Waals surface area contributed by atoms with Gasteiger partial charge >= 0.3 is 0 Å². The van der Waals surface area contributed by atoms with Crippen molar-refractivity contribution in [3.8, 4) is 0 Å². The van der Waals surface area contributed by atoms with Crippen molar-refractivity contribution < 1.29 is 9.84 Å². The molecule has 0 saturated carbocycles. The van der Waals surface area contributed by atoms with Crippen molar-refractivity contribution >= 4 is 0 Å². The van der Waals surface area contributed by atoms with Crippen molar-refractivity contribution in [2.45, 2.75) is 44.1 Å².